The van der Waals surface area contributed by atoms with Crippen molar-refractivity contribution in [3.8, 4) is 17.2 Å². The summed E-state index contributed by atoms with van der Waals surface area (Å²) in [5, 5.41) is 15.0. The Morgan fingerprint density at radius 1 is 1.08 bits per heavy atom. The summed E-state index contributed by atoms with van der Waals surface area (Å²) in [4.78, 5) is 18.4. The van der Waals surface area contributed by atoms with Crippen molar-refractivity contribution in [2.45, 2.75) is 18.1 Å². The van der Waals surface area contributed by atoms with Crippen LogP contribution < -0.4 is 14.8 Å². The van der Waals surface area contributed by atoms with E-state index in [1.54, 1.807) is 29.2 Å². The summed E-state index contributed by atoms with van der Waals surface area (Å²) in [6.07, 6.45) is -0.453. The van der Waals surface area contributed by atoms with Gasteiger partial charge in [-0.25, -0.2) is 9.18 Å². The van der Waals surface area contributed by atoms with Crippen LogP contribution in [-0.2, 0) is 4.74 Å². The van der Waals surface area contributed by atoms with Gasteiger partial charge in [0.2, 0.25) is 5.75 Å². The second kappa shape index (κ2) is 8.37. The maximum Gasteiger partial charge on any atom is 0.411 e. The lowest BCUT2D eigenvalue weighted by molar-refractivity contribution is 0.145. The van der Waals surface area contributed by atoms with Crippen LogP contribution in [0.5, 0.6) is 17.2 Å². The molecule has 3 heterocycles. The minimum absolute atomic E-state index is 0.118. The summed E-state index contributed by atoms with van der Waals surface area (Å²) in [5.74, 6) is 0.0245. The van der Waals surface area contributed by atoms with Crippen molar-refractivity contribution in [3.63, 3.8) is 0 Å². The highest BCUT2D eigenvalue weighted by Crippen LogP contribution is 2.50. The van der Waals surface area contributed by atoms with Crippen LogP contribution in [0.15, 0.2) is 60.7 Å². The van der Waals surface area contributed by atoms with E-state index >= 15 is 0 Å². The Bertz CT molecular complexity index is 1440. The van der Waals surface area contributed by atoms with Gasteiger partial charge in [-0.15, -0.1) is 0 Å². The zero-order chi connectivity index (χ0) is 25.0. The Morgan fingerprint density at radius 2 is 1.78 bits per heavy atom. The standard InChI is InChI=1S/C27H24FN3O5/c1-34-20-11-14(12-21(35-2)26(20)32)25-24-22(17-5-3-4-6-18(17)30-24)23(19-13-36-27(33)31(19)25)29-16-9-7-15(28)8-10-16/h3-12,19,23,25,29-30,32H,13H2,1-2H3/t19-,23+,25+/m1/s1. The third-order valence-corrected chi connectivity index (χ3v) is 6.95. The molecule has 0 saturated carbocycles. The summed E-state index contributed by atoms with van der Waals surface area (Å²) in [7, 11) is 2.92. The predicted molar refractivity (Wildman–Crippen MR) is 131 cm³/mol. The van der Waals surface area contributed by atoms with Crippen LogP contribution in [0.2, 0.25) is 0 Å². The molecule has 3 atom stereocenters. The van der Waals surface area contributed by atoms with Crippen LogP contribution in [0.25, 0.3) is 10.9 Å². The smallest absolute Gasteiger partial charge is 0.411 e. The Balaban J connectivity index is 1.58. The number of carbonyl (C=O) groups excluding carboxylic acids is 1. The van der Waals surface area contributed by atoms with E-state index in [2.05, 4.69) is 10.3 Å². The van der Waals surface area contributed by atoms with Gasteiger partial charge in [0.25, 0.3) is 0 Å². The fourth-order valence-corrected chi connectivity index (χ4v) is 5.36. The van der Waals surface area contributed by atoms with E-state index in [0.717, 1.165) is 27.8 Å². The molecular formula is C27H24FN3O5. The zero-order valence-electron chi connectivity index (χ0n) is 19.6. The number of nitrogens with one attached hydrogen (secondary N) is 2. The van der Waals surface area contributed by atoms with Crippen LogP contribution in [0.3, 0.4) is 0 Å². The highest BCUT2D eigenvalue weighted by atomic mass is 19.1. The van der Waals surface area contributed by atoms with Gasteiger partial charge in [-0.05, 0) is 48.0 Å². The number of para-hydroxylation sites is 1. The van der Waals surface area contributed by atoms with Crippen LogP contribution in [0, 0.1) is 5.82 Å². The topological polar surface area (TPSA) is 96.1 Å². The molecule has 6 rings (SSSR count). The lowest BCUT2D eigenvalue weighted by Crippen LogP contribution is -2.47. The van der Waals surface area contributed by atoms with E-state index in [1.165, 1.54) is 26.4 Å². The molecule has 0 bridgehead atoms. The highest BCUT2D eigenvalue weighted by Gasteiger charge is 2.51. The molecule has 1 fully saturated rings. The lowest BCUT2D eigenvalue weighted by Gasteiger charge is -2.41. The molecular weight excluding hydrogens is 465 g/mol. The SMILES string of the molecule is COc1cc([C@H]2c3[nH]c4ccccc4c3[C@@H](Nc3ccc(F)cc3)[C@H]3COC(=O)N23)cc(OC)c1O. The molecule has 9 heteroatoms. The summed E-state index contributed by atoms with van der Waals surface area (Å²) < 4.78 is 29.9. The number of cyclic esters (lactones) is 1. The van der Waals surface area contributed by atoms with Crippen molar-refractivity contribution in [3.05, 3.63) is 83.3 Å². The Hall–Kier alpha value is -4.40. The van der Waals surface area contributed by atoms with E-state index in [1.807, 2.05) is 24.3 Å². The first kappa shape index (κ1) is 22.1. The largest absolute Gasteiger partial charge is 0.502 e. The molecule has 8 nitrogen and oxygen atoms in total. The fraction of sp³-hybridized carbons (Fsp3) is 0.222. The van der Waals surface area contributed by atoms with Crippen molar-refractivity contribution in [2.75, 3.05) is 26.1 Å². The summed E-state index contributed by atoms with van der Waals surface area (Å²) >= 11 is 0. The van der Waals surface area contributed by atoms with Gasteiger partial charge in [0.05, 0.1) is 26.3 Å². The number of hydrogen-bond acceptors (Lipinski definition) is 6. The number of benzene rings is 3. The summed E-state index contributed by atoms with van der Waals surface area (Å²) in [6, 6.07) is 16.2. The number of hydrogen-bond donors (Lipinski definition) is 3. The van der Waals surface area contributed by atoms with Crippen molar-refractivity contribution < 1.29 is 28.5 Å². The average molecular weight is 490 g/mol. The van der Waals surface area contributed by atoms with E-state index in [9.17, 15) is 14.3 Å². The maximum atomic E-state index is 13.6. The molecule has 0 aliphatic carbocycles. The van der Waals surface area contributed by atoms with Gasteiger partial charge in [-0.2, -0.15) is 0 Å². The number of amides is 1. The van der Waals surface area contributed by atoms with Gasteiger partial charge in [0, 0.05) is 27.8 Å². The highest BCUT2D eigenvalue weighted by molar-refractivity contribution is 5.88. The van der Waals surface area contributed by atoms with Crippen molar-refractivity contribution in [1.29, 1.82) is 0 Å². The molecule has 3 N–H and O–H groups in total. The first-order chi connectivity index (χ1) is 17.5. The van der Waals surface area contributed by atoms with Gasteiger partial charge in [0.15, 0.2) is 11.5 Å². The monoisotopic (exact) mass is 489 g/mol. The van der Waals surface area contributed by atoms with Crippen molar-refractivity contribution in [1.82, 2.24) is 9.88 Å². The van der Waals surface area contributed by atoms with Crippen molar-refractivity contribution >= 4 is 22.7 Å². The van der Waals surface area contributed by atoms with Crippen LogP contribution in [-0.4, -0.2) is 48.0 Å². The van der Waals surface area contributed by atoms with Crippen molar-refractivity contribution in [2.24, 2.45) is 0 Å². The van der Waals surface area contributed by atoms with E-state index in [0.29, 0.717) is 5.56 Å². The second-order valence-electron chi connectivity index (χ2n) is 8.85. The van der Waals surface area contributed by atoms with Crippen LogP contribution >= 0.6 is 0 Å². The van der Waals surface area contributed by atoms with Gasteiger partial charge in [-0.1, -0.05) is 18.2 Å². The minimum Gasteiger partial charge on any atom is -0.502 e. The number of halogens is 1. The number of fused-ring (bicyclic) bond motifs is 4. The zero-order valence-corrected chi connectivity index (χ0v) is 19.6. The quantitative estimate of drug-likeness (QED) is 0.361. The Morgan fingerprint density at radius 3 is 2.47 bits per heavy atom. The molecule has 4 aromatic rings. The third-order valence-electron chi connectivity index (χ3n) is 6.95. The molecule has 36 heavy (non-hydrogen) atoms. The first-order valence-electron chi connectivity index (χ1n) is 11.5. The number of H-pyrrole nitrogens is 1. The number of phenolic OH excluding ortho intramolecular Hbond substituents is 1. The molecule has 3 aromatic carbocycles. The molecule has 0 spiro atoms. The third kappa shape index (κ3) is 3.30. The first-order valence-corrected chi connectivity index (χ1v) is 11.5. The number of aromatic nitrogens is 1. The number of aromatic hydroxyl groups is 1. The molecule has 2 aliphatic rings. The Kier molecular flexibility index (Phi) is 5.13. The van der Waals surface area contributed by atoms with E-state index in [4.69, 9.17) is 14.2 Å². The van der Waals surface area contributed by atoms with E-state index in [-0.39, 0.29) is 41.8 Å². The number of phenols is 1. The molecule has 0 unspecified atom stereocenters. The fourth-order valence-electron chi connectivity index (χ4n) is 5.36. The second-order valence-corrected chi connectivity index (χ2v) is 8.85. The minimum atomic E-state index is -0.554. The number of methoxy groups -OCH3 is 2. The normalized spacial score (nSPS) is 20.6. The molecule has 2 aliphatic heterocycles. The summed E-state index contributed by atoms with van der Waals surface area (Å²) in [5.41, 5.74) is 4.14. The van der Waals surface area contributed by atoms with Crippen LogP contribution in [0.4, 0.5) is 14.9 Å². The maximum absolute atomic E-state index is 13.6. The van der Waals surface area contributed by atoms with Gasteiger partial charge < -0.3 is 29.6 Å². The molecule has 1 saturated heterocycles. The molecule has 0 radical (unpaired) electrons. The number of nitrogens with zero attached hydrogens (tertiary/aromatic N) is 1. The number of aromatic amines is 1. The number of carbonyl (C=O) groups is 1. The van der Waals surface area contributed by atoms with E-state index < -0.39 is 12.1 Å². The van der Waals surface area contributed by atoms with Crippen LogP contribution in [0.1, 0.15) is 28.9 Å². The summed E-state index contributed by atoms with van der Waals surface area (Å²) in [6.45, 7) is 0.180. The average Bonchev–Trinajstić information content (AvgIpc) is 3.47. The van der Waals surface area contributed by atoms with Gasteiger partial charge in [-0.3, -0.25) is 4.90 Å². The predicted octanol–water partition coefficient (Wildman–Crippen LogP) is 5.11. The Labute approximate surface area is 206 Å². The molecule has 1 amide bonds. The number of ether oxygens (including phenoxy) is 3. The van der Waals surface area contributed by atoms with Gasteiger partial charge in [0.1, 0.15) is 18.5 Å². The van der Waals surface area contributed by atoms with Gasteiger partial charge >= 0.3 is 6.09 Å². The lowest BCUT2D eigenvalue weighted by atomic mass is 9.85. The molecule has 1 aromatic heterocycles. The number of rotatable bonds is 5. The number of anilines is 1. The molecule has 184 valence electrons.